The molecule has 7 heteroatoms. The minimum absolute atomic E-state index is 0.278. The van der Waals surface area contributed by atoms with Crippen LogP contribution in [0.1, 0.15) is 12.6 Å². The number of aromatic amines is 1. The normalized spacial score (nSPS) is 24.6. The molecule has 2 rings (SSSR count). The molecular formula is C13H24N4O2S. The van der Waals surface area contributed by atoms with E-state index in [0.29, 0.717) is 30.4 Å². The molecule has 1 aromatic rings. The maximum Gasteiger partial charge on any atom is 0.244 e. The first-order valence-corrected chi connectivity index (χ1v) is 8.28. The summed E-state index contributed by atoms with van der Waals surface area (Å²) >= 11 is 0. The predicted molar refractivity (Wildman–Crippen MR) is 79.0 cm³/mol. The van der Waals surface area contributed by atoms with Gasteiger partial charge in [0.05, 0.1) is 4.90 Å². The highest BCUT2D eigenvalue weighted by Gasteiger charge is 2.38. The molecule has 2 atom stereocenters. The monoisotopic (exact) mass is 300 g/mol. The van der Waals surface area contributed by atoms with Gasteiger partial charge in [0.15, 0.2) is 0 Å². The van der Waals surface area contributed by atoms with E-state index in [1.165, 1.54) is 0 Å². The standard InChI is InChI=1S/C13H24N4O2S/c1-10-8-17(9-13(10)16(3)4)20(18,19)12-5-11(6-14-2)15-7-12/h5,7,10,13-15H,6,8-9H2,1-4H3. The number of rotatable bonds is 5. The van der Waals surface area contributed by atoms with Gasteiger partial charge in [-0.05, 0) is 33.1 Å². The third-order valence-electron chi connectivity index (χ3n) is 3.92. The number of H-pyrrole nitrogens is 1. The molecular weight excluding hydrogens is 276 g/mol. The fourth-order valence-electron chi connectivity index (χ4n) is 2.78. The lowest BCUT2D eigenvalue weighted by atomic mass is 10.1. The quantitative estimate of drug-likeness (QED) is 0.821. The van der Waals surface area contributed by atoms with Gasteiger partial charge < -0.3 is 15.2 Å². The molecule has 0 amide bonds. The number of hydrogen-bond acceptors (Lipinski definition) is 4. The molecule has 1 aliphatic rings. The van der Waals surface area contributed by atoms with E-state index >= 15 is 0 Å². The number of nitrogens with one attached hydrogen (secondary N) is 2. The topological polar surface area (TPSA) is 68.4 Å². The van der Waals surface area contributed by atoms with Crippen molar-refractivity contribution >= 4 is 10.0 Å². The van der Waals surface area contributed by atoms with Gasteiger partial charge in [0.1, 0.15) is 0 Å². The molecule has 2 unspecified atom stereocenters. The second kappa shape index (κ2) is 5.85. The van der Waals surface area contributed by atoms with Crippen LogP contribution in [0.5, 0.6) is 0 Å². The summed E-state index contributed by atoms with van der Waals surface area (Å²) in [4.78, 5) is 5.46. The minimum atomic E-state index is -3.39. The number of likely N-dealkylation sites (N-methyl/N-ethyl adjacent to an activating group) is 1. The molecule has 0 aromatic carbocycles. The molecule has 1 fully saturated rings. The molecule has 0 saturated carbocycles. The van der Waals surface area contributed by atoms with Crippen molar-refractivity contribution in [1.82, 2.24) is 19.5 Å². The van der Waals surface area contributed by atoms with E-state index in [9.17, 15) is 8.42 Å². The van der Waals surface area contributed by atoms with E-state index < -0.39 is 10.0 Å². The zero-order valence-electron chi connectivity index (χ0n) is 12.5. The van der Waals surface area contributed by atoms with Gasteiger partial charge in [-0.25, -0.2) is 8.42 Å². The smallest absolute Gasteiger partial charge is 0.244 e. The summed E-state index contributed by atoms with van der Waals surface area (Å²) in [6.45, 7) is 3.87. The van der Waals surface area contributed by atoms with Crippen molar-refractivity contribution < 1.29 is 8.42 Å². The third-order valence-corrected chi connectivity index (χ3v) is 5.73. The third kappa shape index (κ3) is 2.90. The van der Waals surface area contributed by atoms with Gasteiger partial charge >= 0.3 is 0 Å². The molecule has 2 N–H and O–H groups in total. The summed E-state index contributed by atoms with van der Waals surface area (Å²) in [5.74, 6) is 0.343. The Morgan fingerprint density at radius 2 is 2.15 bits per heavy atom. The minimum Gasteiger partial charge on any atom is -0.363 e. The van der Waals surface area contributed by atoms with Crippen LogP contribution in [0, 0.1) is 5.92 Å². The molecule has 2 heterocycles. The molecule has 1 saturated heterocycles. The van der Waals surface area contributed by atoms with Crippen LogP contribution in [0.4, 0.5) is 0 Å². The summed E-state index contributed by atoms with van der Waals surface area (Å²) in [5.41, 5.74) is 0.877. The van der Waals surface area contributed by atoms with Gasteiger partial charge in [-0.1, -0.05) is 6.92 Å². The van der Waals surface area contributed by atoms with Crippen molar-refractivity contribution in [2.75, 3.05) is 34.2 Å². The zero-order valence-corrected chi connectivity index (χ0v) is 13.4. The van der Waals surface area contributed by atoms with Crippen molar-refractivity contribution in [3.05, 3.63) is 18.0 Å². The highest BCUT2D eigenvalue weighted by molar-refractivity contribution is 7.89. The van der Waals surface area contributed by atoms with Gasteiger partial charge in [0.25, 0.3) is 0 Å². The van der Waals surface area contributed by atoms with E-state index in [0.717, 1.165) is 5.69 Å². The lowest BCUT2D eigenvalue weighted by molar-refractivity contribution is 0.263. The highest BCUT2D eigenvalue weighted by Crippen LogP contribution is 2.26. The average molecular weight is 300 g/mol. The summed E-state index contributed by atoms with van der Waals surface area (Å²) in [5, 5.41) is 3.00. The molecule has 1 aliphatic heterocycles. The highest BCUT2D eigenvalue weighted by atomic mass is 32.2. The van der Waals surface area contributed by atoms with Crippen LogP contribution >= 0.6 is 0 Å². The Labute approximate surface area is 121 Å². The van der Waals surface area contributed by atoms with Crippen molar-refractivity contribution in [3.63, 3.8) is 0 Å². The summed E-state index contributed by atoms with van der Waals surface area (Å²) < 4.78 is 26.9. The Kier molecular flexibility index (Phi) is 4.53. The molecule has 0 spiro atoms. The van der Waals surface area contributed by atoms with Crippen LogP contribution in [0.25, 0.3) is 0 Å². The average Bonchev–Trinajstić information content (AvgIpc) is 2.96. The van der Waals surface area contributed by atoms with Crippen LogP contribution in [0.15, 0.2) is 17.2 Å². The van der Waals surface area contributed by atoms with Crippen LogP contribution in [-0.2, 0) is 16.6 Å². The largest absolute Gasteiger partial charge is 0.363 e. The molecule has 0 bridgehead atoms. The molecule has 114 valence electrons. The van der Waals surface area contributed by atoms with Gasteiger partial charge in [-0.15, -0.1) is 0 Å². The zero-order chi connectivity index (χ0) is 14.9. The van der Waals surface area contributed by atoms with E-state index in [4.69, 9.17) is 0 Å². The Bertz CT molecular complexity index is 552. The number of aromatic nitrogens is 1. The SMILES string of the molecule is CNCc1cc(S(=O)(=O)N2CC(C)C(N(C)C)C2)c[nH]1. The van der Waals surface area contributed by atoms with Crippen LogP contribution < -0.4 is 5.32 Å². The van der Waals surface area contributed by atoms with Crippen LogP contribution in [-0.4, -0.2) is 62.9 Å². The van der Waals surface area contributed by atoms with Crippen molar-refractivity contribution in [2.24, 2.45) is 5.92 Å². The second-order valence-corrected chi connectivity index (χ2v) is 7.66. The number of hydrogen-bond donors (Lipinski definition) is 2. The molecule has 0 aliphatic carbocycles. The van der Waals surface area contributed by atoms with Crippen LogP contribution in [0.3, 0.4) is 0 Å². The maximum absolute atomic E-state index is 12.6. The Hall–Kier alpha value is -0.890. The van der Waals surface area contributed by atoms with E-state index in [2.05, 4.69) is 22.1 Å². The van der Waals surface area contributed by atoms with Gasteiger partial charge in [-0.2, -0.15) is 4.31 Å². The fourth-order valence-corrected chi connectivity index (χ4v) is 4.36. The first-order chi connectivity index (χ1) is 9.36. The molecule has 20 heavy (non-hydrogen) atoms. The first-order valence-electron chi connectivity index (χ1n) is 6.84. The van der Waals surface area contributed by atoms with Gasteiger partial charge in [0.2, 0.25) is 10.0 Å². The van der Waals surface area contributed by atoms with E-state index in [1.807, 2.05) is 21.1 Å². The first kappa shape index (κ1) is 15.5. The van der Waals surface area contributed by atoms with E-state index in [-0.39, 0.29) is 6.04 Å². The lowest BCUT2D eigenvalue weighted by Crippen LogP contribution is -2.35. The second-order valence-electron chi connectivity index (χ2n) is 5.72. The van der Waals surface area contributed by atoms with Crippen LogP contribution in [0.2, 0.25) is 0 Å². The molecule has 6 nitrogen and oxygen atoms in total. The van der Waals surface area contributed by atoms with E-state index in [1.54, 1.807) is 16.6 Å². The Morgan fingerprint density at radius 1 is 1.45 bits per heavy atom. The molecule has 0 radical (unpaired) electrons. The van der Waals surface area contributed by atoms with Crippen molar-refractivity contribution in [1.29, 1.82) is 0 Å². The predicted octanol–water partition coefficient (Wildman–Crippen LogP) is 0.305. The molecule has 1 aromatic heterocycles. The number of sulfonamides is 1. The van der Waals surface area contributed by atoms with Crippen molar-refractivity contribution in [3.8, 4) is 0 Å². The fraction of sp³-hybridized carbons (Fsp3) is 0.692. The maximum atomic E-state index is 12.6. The Morgan fingerprint density at radius 3 is 2.70 bits per heavy atom. The number of nitrogens with zero attached hydrogens (tertiary/aromatic N) is 2. The Balaban J connectivity index is 2.18. The summed E-state index contributed by atoms with van der Waals surface area (Å²) in [6, 6.07) is 1.99. The lowest BCUT2D eigenvalue weighted by Gasteiger charge is -2.22. The summed E-state index contributed by atoms with van der Waals surface area (Å²) in [7, 11) is 2.44. The van der Waals surface area contributed by atoms with Gasteiger partial charge in [-0.3, -0.25) is 0 Å². The van der Waals surface area contributed by atoms with Gasteiger partial charge in [0, 0.05) is 37.6 Å². The summed E-state index contributed by atoms with van der Waals surface area (Å²) in [6.07, 6.45) is 1.58. The van der Waals surface area contributed by atoms with Crippen molar-refractivity contribution in [2.45, 2.75) is 24.4 Å².